The van der Waals surface area contributed by atoms with Gasteiger partial charge in [-0.05, 0) is 157 Å². The van der Waals surface area contributed by atoms with Crippen molar-refractivity contribution in [3.63, 3.8) is 0 Å². The molecule has 0 aliphatic carbocycles. The van der Waals surface area contributed by atoms with E-state index in [2.05, 4.69) is 432 Å². The Hall–Kier alpha value is -13.8. The minimum atomic E-state index is -0.240. The molecule has 0 saturated carbocycles. The molecule has 21 rings (SSSR count). The quantitative estimate of drug-likeness (QED) is 0.101. The van der Waals surface area contributed by atoms with E-state index >= 15 is 0 Å². The molecule has 0 amide bonds. The topological polar surface area (TPSA) is 22.2 Å². The monoisotopic (exact) mass is 1420 g/mol. The molecule has 110 heavy (non-hydrogen) atoms. The van der Waals surface area contributed by atoms with Crippen LogP contribution in [0.4, 0.5) is 68.2 Å². The van der Waals surface area contributed by atoms with Gasteiger partial charge in [-0.15, -0.1) is 0 Å². The Kier molecular flexibility index (Phi) is 16.0. The van der Waals surface area contributed by atoms with Crippen LogP contribution in [-0.2, 0) is 0 Å². The lowest BCUT2D eigenvalue weighted by Gasteiger charge is -2.46. The molecule has 0 N–H and O–H groups in total. The van der Waals surface area contributed by atoms with Crippen LogP contribution in [0, 0.1) is 0 Å². The number of hydrogen-bond acceptors (Lipinski definition) is 6. The first-order valence-corrected chi connectivity index (χ1v) is 38.6. The van der Waals surface area contributed by atoms with Gasteiger partial charge in [0.1, 0.15) is 11.5 Å². The Balaban J connectivity index is 0.852. The maximum absolute atomic E-state index is 7.40. The van der Waals surface area contributed by atoms with Gasteiger partial charge in [-0.3, -0.25) is 0 Å². The minimum Gasteiger partial charge on any atom is -0.458 e. The van der Waals surface area contributed by atoms with Gasteiger partial charge in [0.25, 0.3) is 13.4 Å². The molecule has 0 aromatic heterocycles. The lowest BCUT2D eigenvalue weighted by atomic mass is 9.31. The van der Waals surface area contributed by atoms with E-state index in [1.165, 1.54) is 43.3 Å². The van der Waals surface area contributed by atoms with Crippen molar-refractivity contribution in [1.82, 2.24) is 0 Å². The summed E-state index contributed by atoms with van der Waals surface area (Å²) in [5.41, 5.74) is 33.6. The van der Waals surface area contributed by atoms with Gasteiger partial charge in [0.05, 0.1) is 28.4 Å². The normalized spacial score (nSPS) is 12.5. The lowest BCUT2D eigenvalue weighted by Crippen LogP contribution is -2.64. The van der Waals surface area contributed by atoms with E-state index in [1.807, 2.05) is 11.8 Å². The Morgan fingerprint density at radius 3 is 1.18 bits per heavy atom. The molecule has 5 nitrogen and oxygen atoms in total. The van der Waals surface area contributed by atoms with Crippen molar-refractivity contribution in [1.29, 1.82) is 0 Å². The van der Waals surface area contributed by atoms with E-state index in [0.717, 1.165) is 146 Å². The highest BCUT2D eigenvalue weighted by Gasteiger charge is 2.48. The summed E-state index contributed by atoms with van der Waals surface area (Å²) >= 11 is 1.86. The standard InChI is InChI=1S/C102H68B2N4OS/c1-8-31-69(32-9-1)71-55-59-78(60-56-71)105(90-51-26-22-45-82(90)73-35-12-3-13-36-73)80-63-94-100-95(64-80)108(102-84(75-39-16-5-17-40-75)47-30-48-85(102)76-41-18-6-19-42-76)93-68-98-89(67-88(93)103(100)86-49-24-28-53-92(86)107(94)77-43-20-7-21-44-77)104-87-50-25-29-54-96(87)109-97-65-81(66-99(110-98)101(97)104)106(79-61-57-72(58-62-79)70-33-10-2-11-34-70)91-52-27-23-46-83(91)74-37-14-4-15-38-74/h1-68H. The number of hydrogen-bond donors (Lipinski definition) is 0. The number of anilines is 12. The summed E-state index contributed by atoms with van der Waals surface area (Å²) < 4.78 is 7.40. The van der Waals surface area contributed by atoms with Gasteiger partial charge < -0.3 is 24.3 Å². The zero-order valence-electron chi connectivity index (χ0n) is 60.0. The second kappa shape index (κ2) is 27.2. The molecule has 4 aliphatic rings. The third-order valence-corrected chi connectivity index (χ3v) is 23.5. The number of benzene rings is 17. The molecular formula is C102H68B2N4OS. The van der Waals surface area contributed by atoms with Crippen molar-refractivity contribution < 1.29 is 4.74 Å². The van der Waals surface area contributed by atoms with E-state index in [9.17, 15) is 0 Å². The molecule has 0 spiro atoms. The van der Waals surface area contributed by atoms with Crippen LogP contribution in [0.25, 0.3) is 66.8 Å². The third kappa shape index (κ3) is 11.0. The van der Waals surface area contributed by atoms with E-state index in [1.54, 1.807) is 0 Å². The van der Waals surface area contributed by atoms with Crippen LogP contribution in [0.5, 0.6) is 11.5 Å². The van der Waals surface area contributed by atoms with Gasteiger partial charge >= 0.3 is 0 Å². The van der Waals surface area contributed by atoms with Gasteiger partial charge in [0.15, 0.2) is 0 Å². The molecule has 0 atom stereocenters. The van der Waals surface area contributed by atoms with Crippen molar-refractivity contribution in [3.8, 4) is 78.3 Å². The van der Waals surface area contributed by atoms with Crippen molar-refractivity contribution >= 4 is 126 Å². The molecule has 17 aromatic rings. The van der Waals surface area contributed by atoms with E-state index < -0.39 is 0 Å². The van der Waals surface area contributed by atoms with Crippen LogP contribution < -0.4 is 57.1 Å². The molecule has 17 aromatic carbocycles. The second-order valence-corrected chi connectivity index (χ2v) is 29.7. The van der Waals surface area contributed by atoms with Crippen LogP contribution in [0.3, 0.4) is 0 Å². The van der Waals surface area contributed by atoms with Crippen molar-refractivity contribution in [2.24, 2.45) is 0 Å². The largest absolute Gasteiger partial charge is 0.458 e. The highest BCUT2D eigenvalue weighted by atomic mass is 32.2. The third-order valence-electron chi connectivity index (χ3n) is 22.3. The van der Waals surface area contributed by atoms with Crippen molar-refractivity contribution in [2.45, 2.75) is 9.79 Å². The fourth-order valence-electron chi connectivity index (χ4n) is 17.5. The Labute approximate surface area is 646 Å². The molecular weight excluding hydrogens is 1350 g/mol. The SMILES string of the molecule is c1ccc(-c2ccc(N(c3cc4c5c(c3)Sc3cc6c(cc3B5c3ccccc3O4)B3c4ccccc4N(c4ccccc4)c4cc(N(c5ccc(-c7ccccc7)cc5)c5ccccc5-c5ccccc5)cc(c43)N6c3c(-c4ccccc4)cccc3-c3ccccc3)c3ccccc3-c3ccccc3)cc2)cc1. The Morgan fingerprint density at radius 2 is 0.645 bits per heavy atom. The number of para-hydroxylation sites is 6. The Morgan fingerprint density at radius 1 is 0.236 bits per heavy atom. The van der Waals surface area contributed by atoms with E-state index in [0.29, 0.717) is 0 Å². The van der Waals surface area contributed by atoms with Crippen LogP contribution in [0.15, 0.2) is 422 Å². The number of rotatable bonds is 14. The van der Waals surface area contributed by atoms with Gasteiger partial charge in [0, 0.05) is 77.9 Å². The molecule has 8 heteroatoms. The minimum absolute atomic E-state index is 0.185. The maximum Gasteiger partial charge on any atom is 0.253 e. The fourth-order valence-corrected chi connectivity index (χ4v) is 18.7. The average Bonchev–Trinajstić information content (AvgIpc) is 0.683. The van der Waals surface area contributed by atoms with E-state index in [4.69, 9.17) is 4.74 Å². The number of ether oxygens (including phenoxy) is 1. The van der Waals surface area contributed by atoms with Crippen molar-refractivity contribution in [3.05, 3.63) is 413 Å². The highest BCUT2D eigenvalue weighted by molar-refractivity contribution is 8.00. The fraction of sp³-hybridized carbons (Fsp3) is 0. The van der Waals surface area contributed by atoms with Crippen LogP contribution >= 0.6 is 11.8 Å². The summed E-state index contributed by atoms with van der Waals surface area (Å²) in [7, 11) is 0. The van der Waals surface area contributed by atoms with Gasteiger partial charge in [0.2, 0.25) is 0 Å². The van der Waals surface area contributed by atoms with Crippen molar-refractivity contribution in [2.75, 3.05) is 19.6 Å². The second-order valence-electron chi connectivity index (χ2n) is 28.6. The zero-order valence-corrected chi connectivity index (χ0v) is 60.8. The molecule has 4 heterocycles. The summed E-state index contributed by atoms with van der Waals surface area (Å²) in [5.74, 6) is 1.70. The number of fused-ring (bicyclic) bond motifs is 8. The summed E-state index contributed by atoms with van der Waals surface area (Å²) in [5, 5.41) is 0. The van der Waals surface area contributed by atoms with Gasteiger partial charge in [-0.1, -0.05) is 339 Å². The highest BCUT2D eigenvalue weighted by Crippen LogP contribution is 2.55. The molecule has 0 unspecified atom stereocenters. The van der Waals surface area contributed by atoms with Crippen LogP contribution in [0.2, 0.25) is 0 Å². The molecule has 0 saturated heterocycles. The predicted molar refractivity (Wildman–Crippen MR) is 464 cm³/mol. The van der Waals surface area contributed by atoms with Crippen LogP contribution in [0.1, 0.15) is 0 Å². The first kappa shape index (κ1) is 64.6. The molecule has 4 aliphatic heterocycles. The molecule has 0 radical (unpaired) electrons. The Bertz CT molecular complexity index is 6300. The smallest absolute Gasteiger partial charge is 0.253 e. The number of nitrogens with zero attached hydrogens (tertiary/aromatic N) is 4. The first-order valence-electron chi connectivity index (χ1n) is 37.8. The lowest BCUT2D eigenvalue weighted by molar-refractivity contribution is 0.486. The van der Waals surface area contributed by atoms with Gasteiger partial charge in [-0.2, -0.15) is 0 Å². The summed E-state index contributed by atoms with van der Waals surface area (Å²) in [6.45, 7) is -0.425. The summed E-state index contributed by atoms with van der Waals surface area (Å²) in [6, 6.07) is 152. The molecule has 0 bridgehead atoms. The summed E-state index contributed by atoms with van der Waals surface area (Å²) in [4.78, 5) is 12.5. The average molecular weight is 1420 g/mol. The summed E-state index contributed by atoms with van der Waals surface area (Å²) in [6.07, 6.45) is 0. The first-order chi connectivity index (χ1) is 54.6. The van der Waals surface area contributed by atoms with Gasteiger partial charge in [-0.25, -0.2) is 0 Å². The molecule has 514 valence electrons. The van der Waals surface area contributed by atoms with E-state index in [-0.39, 0.29) is 13.4 Å². The van der Waals surface area contributed by atoms with Crippen LogP contribution in [-0.4, -0.2) is 13.4 Å². The maximum atomic E-state index is 7.40. The predicted octanol–water partition coefficient (Wildman–Crippen LogP) is 23.8. The molecule has 0 fully saturated rings. The zero-order chi connectivity index (χ0) is 72.6.